The molecule has 1 aromatic heterocycles. The van der Waals surface area contributed by atoms with Crippen LogP contribution in [0.3, 0.4) is 0 Å². The van der Waals surface area contributed by atoms with Crippen LogP contribution in [0.1, 0.15) is 30.1 Å². The van der Waals surface area contributed by atoms with E-state index in [1.165, 1.54) is 11.3 Å². The van der Waals surface area contributed by atoms with Crippen LogP contribution in [-0.2, 0) is 4.79 Å². The lowest BCUT2D eigenvalue weighted by Crippen LogP contribution is -2.13. The van der Waals surface area contributed by atoms with E-state index in [1.54, 1.807) is 24.3 Å². The first-order chi connectivity index (χ1) is 12.7. The van der Waals surface area contributed by atoms with Crippen LogP contribution in [0.5, 0.6) is 0 Å². The number of rotatable bonds is 6. The van der Waals surface area contributed by atoms with Gasteiger partial charge in [0.25, 0.3) is 5.91 Å². The summed E-state index contributed by atoms with van der Waals surface area (Å²) < 4.78 is 0. The van der Waals surface area contributed by atoms with E-state index in [4.69, 9.17) is 0 Å². The number of nitrogens with one attached hydrogen (secondary N) is 2. The summed E-state index contributed by atoms with van der Waals surface area (Å²) in [6.45, 7) is 1.95. The number of aromatic nitrogens is 2. The summed E-state index contributed by atoms with van der Waals surface area (Å²) in [6, 6.07) is 16.4. The Balaban J connectivity index is 1.63. The molecule has 2 N–H and O–H groups in total. The first-order valence-electron chi connectivity index (χ1n) is 8.26. The van der Waals surface area contributed by atoms with Gasteiger partial charge in [-0.1, -0.05) is 48.6 Å². The average Bonchev–Trinajstić information content (AvgIpc) is 3.12. The Bertz CT molecular complexity index is 891. The summed E-state index contributed by atoms with van der Waals surface area (Å²) >= 11 is 1.31. The molecule has 0 bridgehead atoms. The molecule has 6 nitrogen and oxygen atoms in total. The van der Waals surface area contributed by atoms with Crippen molar-refractivity contribution in [2.75, 3.05) is 10.6 Å². The lowest BCUT2D eigenvalue weighted by Gasteiger charge is -2.05. The van der Waals surface area contributed by atoms with Gasteiger partial charge in [0.05, 0.1) is 0 Å². The molecule has 0 radical (unpaired) electrons. The normalized spacial score (nSPS) is 10.3. The summed E-state index contributed by atoms with van der Waals surface area (Å²) in [7, 11) is 0. The minimum Gasteiger partial charge on any atom is -0.326 e. The van der Waals surface area contributed by atoms with Crippen molar-refractivity contribution in [2.24, 2.45) is 0 Å². The lowest BCUT2D eigenvalue weighted by atomic mass is 10.2. The zero-order valence-electron chi connectivity index (χ0n) is 14.2. The third-order valence-corrected chi connectivity index (χ3v) is 4.46. The molecule has 2 aromatic carbocycles. The van der Waals surface area contributed by atoms with Gasteiger partial charge in [0.1, 0.15) is 5.01 Å². The molecule has 0 saturated carbocycles. The molecule has 0 aliphatic rings. The zero-order chi connectivity index (χ0) is 18.4. The first kappa shape index (κ1) is 17.8. The Morgan fingerprint density at radius 3 is 2.38 bits per heavy atom. The molecule has 0 fully saturated rings. The predicted octanol–water partition coefficient (Wildman–Crippen LogP) is 4.20. The van der Waals surface area contributed by atoms with Crippen molar-refractivity contribution in [3.8, 4) is 10.6 Å². The molecule has 0 atom stereocenters. The molecule has 0 saturated heterocycles. The Morgan fingerprint density at radius 1 is 0.962 bits per heavy atom. The Kier molecular flexibility index (Phi) is 5.70. The average molecular weight is 366 g/mol. The number of carbonyl (C=O) groups excluding carboxylic acids is 2. The van der Waals surface area contributed by atoms with Gasteiger partial charge < -0.3 is 5.32 Å². The zero-order valence-corrected chi connectivity index (χ0v) is 15.0. The van der Waals surface area contributed by atoms with Gasteiger partial charge in [-0.3, -0.25) is 14.9 Å². The molecular weight excluding hydrogens is 348 g/mol. The standard InChI is InChI=1S/C19H18N4O2S/c1-2-6-16(24)20-15-11-9-13(10-12-15)17(25)21-19-23-22-18(26-19)14-7-4-3-5-8-14/h3-5,7-12H,2,6H2,1H3,(H,20,24)(H,21,23,25). The van der Waals surface area contributed by atoms with E-state index < -0.39 is 0 Å². The van der Waals surface area contributed by atoms with E-state index >= 15 is 0 Å². The maximum atomic E-state index is 12.3. The number of benzene rings is 2. The Morgan fingerprint density at radius 2 is 1.69 bits per heavy atom. The molecule has 0 spiro atoms. The van der Waals surface area contributed by atoms with Crippen LogP contribution in [0.15, 0.2) is 54.6 Å². The highest BCUT2D eigenvalue weighted by Crippen LogP contribution is 2.26. The van der Waals surface area contributed by atoms with Crippen molar-refractivity contribution in [2.45, 2.75) is 19.8 Å². The number of anilines is 2. The smallest absolute Gasteiger partial charge is 0.257 e. The van der Waals surface area contributed by atoms with Gasteiger partial charge in [-0.15, -0.1) is 10.2 Å². The van der Waals surface area contributed by atoms with Gasteiger partial charge in [0.15, 0.2) is 0 Å². The van der Waals surface area contributed by atoms with Gasteiger partial charge in [-0.05, 0) is 30.7 Å². The van der Waals surface area contributed by atoms with Crippen LogP contribution in [0, 0.1) is 0 Å². The first-order valence-corrected chi connectivity index (χ1v) is 9.07. The molecule has 1 heterocycles. The predicted molar refractivity (Wildman–Crippen MR) is 103 cm³/mol. The minimum absolute atomic E-state index is 0.0352. The maximum absolute atomic E-state index is 12.3. The van der Waals surface area contributed by atoms with Crippen molar-refractivity contribution >= 4 is 34.0 Å². The molecule has 2 amide bonds. The highest BCUT2D eigenvalue weighted by atomic mass is 32.1. The molecule has 0 aliphatic heterocycles. The van der Waals surface area contributed by atoms with Gasteiger partial charge in [0, 0.05) is 23.2 Å². The van der Waals surface area contributed by atoms with Gasteiger partial charge in [-0.25, -0.2) is 0 Å². The number of carbonyl (C=O) groups is 2. The van der Waals surface area contributed by atoms with E-state index in [0.717, 1.165) is 17.0 Å². The largest absolute Gasteiger partial charge is 0.326 e. The van der Waals surface area contributed by atoms with E-state index in [0.29, 0.717) is 22.8 Å². The Hall–Kier alpha value is -3.06. The molecule has 3 rings (SSSR count). The fourth-order valence-corrected chi connectivity index (χ4v) is 3.04. The number of amides is 2. The van der Waals surface area contributed by atoms with Crippen LogP contribution in [0.25, 0.3) is 10.6 Å². The highest BCUT2D eigenvalue weighted by molar-refractivity contribution is 7.18. The van der Waals surface area contributed by atoms with Crippen LogP contribution in [0.2, 0.25) is 0 Å². The fourth-order valence-electron chi connectivity index (χ4n) is 2.30. The summed E-state index contributed by atoms with van der Waals surface area (Å²) in [5.74, 6) is -0.306. The molecule has 7 heteroatoms. The highest BCUT2D eigenvalue weighted by Gasteiger charge is 2.11. The topological polar surface area (TPSA) is 84.0 Å². The van der Waals surface area contributed by atoms with Crippen LogP contribution >= 0.6 is 11.3 Å². The van der Waals surface area contributed by atoms with Crippen LogP contribution < -0.4 is 10.6 Å². The van der Waals surface area contributed by atoms with Crippen molar-refractivity contribution in [1.82, 2.24) is 10.2 Å². The second kappa shape index (κ2) is 8.35. The lowest BCUT2D eigenvalue weighted by molar-refractivity contribution is -0.116. The minimum atomic E-state index is -0.271. The summed E-state index contributed by atoms with van der Waals surface area (Å²) in [5, 5.41) is 14.8. The summed E-state index contributed by atoms with van der Waals surface area (Å²) in [5.41, 5.74) is 2.11. The summed E-state index contributed by atoms with van der Waals surface area (Å²) in [4.78, 5) is 23.9. The number of nitrogens with zero attached hydrogens (tertiary/aromatic N) is 2. The fraction of sp³-hybridized carbons (Fsp3) is 0.158. The Labute approximate surface area is 155 Å². The second-order valence-electron chi connectivity index (χ2n) is 5.61. The molecule has 132 valence electrons. The van der Waals surface area contributed by atoms with Gasteiger partial charge in [-0.2, -0.15) is 0 Å². The van der Waals surface area contributed by atoms with Crippen LogP contribution in [0.4, 0.5) is 10.8 Å². The van der Waals surface area contributed by atoms with E-state index in [9.17, 15) is 9.59 Å². The van der Waals surface area contributed by atoms with E-state index in [2.05, 4.69) is 20.8 Å². The molecule has 0 unspecified atom stereocenters. The molecule has 0 aliphatic carbocycles. The number of hydrogen-bond acceptors (Lipinski definition) is 5. The molecule has 26 heavy (non-hydrogen) atoms. The number of hydrogen-bond donors (Lipinski definition) is 2. The molecular formula is C19H18N4O2S. The van der Waals surface area contributed by atoms with Crippen molar-refractivity contribution in [3.63, 3.8) is 0 Å². The summed E-state index contributed by atoms with van der Waals surface area (Å²) in [6.07, 6.45) is 1.27. The molecule has 3 aromatic rings. The van der Waals surface area contributed by atoms with Crippen LogP contribution in [-0.4, -0.2) is 22.0 Å². The van der Waals surface area contributed by atoms with Gasteiger partial charge in [0.2, 0.25) is 11.0 Å². The third kappa shape index (κ3) is 4.52. The van der Waals surface area contributed by atoms with E-state index in [-0.39, 0.29) is 11.8 Å². The van der Waals surface area contributed by atoms with Crippen molar-refractivity contribution in [3.05, 3.63) is 60.2 Å². The quantitative estimate of drug-likeness (QED) is 0.685. The SMILES string of the molecule is CCCC(=O)Nc1ccc(C(=O)Nc2nnc(-c3ccccc3)s2)cc1. The van der Waals surface area contributed by atoms with Crippen molar-refractivity contribution < 1.29 is 9.59 Å². The third-order valence-electron chi connectivity index (χ3n) is 3.57. The van der Waals surface area contributed by atoms with Crippen molar-refractivity contribution in [1.29, 1.82) is 0 Å². The monoisotopic (exact) mass is 366 g/mol. The van der Waals surface area contributed by atoms with E-state index in [1.807, 2.05) is 37.3 Å². The van der Waals surface area contributed by atoms with Gasteiger partial charge >= 0.3 is 0 Å². The second-order valence-corrected chi connectivity index (χ2v) is 6.59. The maximum Gasteiger partial charge on any atom is 0.257 e.